The summed E-state index contributed by atoms with van der Waals surface area (Å²) in [5.41, 5.74) is 8.86. The topological polar surface area (TPSA) is 18.0 Å². The van der Waals surface area contributed by atoms with E-state index >= 15 is 0 Å². The molecule has 0 radical (unpaired) electrons. The highest BCUT2D eigenvalue weighted by molar-refractivity contribution is 6.24. The van der Waals surface area contributed by atoms with Crippen LogP contribution < -0.4 is 9.30 Å². The molecule has 0 saturated heterocycles. The lowest BCUT2D eigenvalue weighted by Gasteiger charge is -2.18. The third kappa shape index (κ3) is 3.75. The maximum Gasteiger partial charge on any atom is 0.294 e. The van der Waals surface area contributed by atoms with Crippen molar-refractivity contribution in [3.8, 4) is 22.8 Å². The number of methoxy groups -OCH3 is 1. The van der Waals surface area contributed by atoms with Gasteiger partial charge in [0.2, 0.25) is 0 Å². The van der Waals surface area contributed by atoms with Crippen LogP contribution >= 0.6 is 0 Å². The van der Waals surface area contributed by atoms with Crippen LogP contribution in [0, 0.1) is 6.92 Å². The van der Waals surface area contributed by atoms with Gasteiger partial charge in [0.05, 0.1) is 19.7 Å². The summed E-state index contributed by atoms with van der Waals surface area (Å²) in [6.07, 6.45) is 0. The second kappa shape index (κ2) is 9.57. The zero-order chi connectivity index (χ0) is 27.4. The number of nitrogens with zero attached hydrogens (tertiary/aromatic N) is 2. The van der Waals surface area contributed by atoms with Crippen molar-refractivity contribution in [3.63, 3.8) is 0 Å². The minimum atomic E-state index is 0.374. The summed E-state index contributed by atoms with van der Waals surface area (Å²) >= 11 is 0. The van der Waals surface area contributed by atoms with Crippen molar-refractivity contribution in [2.75, 3.05) is 7.11 Å². The molecule has 6 rings (SSSR count). The molecule has 0 N–H and O–H groups in total. The molecule has 1 aromatic heterocycles. The molecule has 1 heterocycles. The van der Waals surface area contributed by atoms with Gasteiger partial charge in [-0.2, -0.15) is 4.57 Å². The fourth-order valence-corrected chi connectivity index (χ4v) is 6.43. The number of para-hydroxylation sites is 1. The van der Waals surface area contributed by atoms with Crippen LogP contribution in [0.3, 0.4) is 0 Å². The van der Waals surface area contributed by atoms with Crippen molar-refractivity contribution >= 4 is 32.6 Å². The number of aromatic nitrogens is 2. The van der Waals surface area contributed by atoms with Gasteiger partial charge in [0, 0.05) is 27.5 Å². The van der Waals surface area contributed by atoms with Gasteiger partial charge in [-0.25, -0.2) is 4.57 Å². The average molecular weight is 514 g/mol. The Morgan fingerprint density at radius 3 is 1.92 bits per heavy atom. The summed E-state index contributed by atoms with van der Waals surface area (Å²) in [4.78, 5) is 0. The molecule has 3 nitrogen and oxygen atoms in total. The zero-order valence-corrected chi connectivity index (χ0v) is 24.0. The summed E-state index contributed by atoms with van der Waals surface area (Å²) in [6.45, 7) is 11.4. The predicted octanol–water partition coefficient (Wildman–Crippen LogP) is 8.99. The van der Waals surface area contributed by atoms with Crippen molar-refractivity contribution in [2.24, 2.45) is 7.05 Å². The minimum absolute atomic E-state index is 0.374. The van der Waals surface area contributed by atoms with E-state index in [0.717, 1.165) is 5.75 Å². The standard InChI is InChI=1S/C36H37N2O/c1-22(2)26-18-13-19-27(23(3)4)33(26)38-34-30-17-12-11-16-28(30)29-20-21-31(39-7)24(5)32(29)35(34)37(6)36(38)25-14-9-8-10-15-25/h8-23H,1-7H3/q+1. The highest BCUT2D eigenvalue weighted by atomic mass is 16.5. The number of hydrogen-bond donors (Lipinski definition) is 0. The monoisotopic (exact) mass is 513 g/mol. The summed E-state index contributed by atoms with van der Waals surface area (Å²) in [5, 5.41) is 5.02. The molecule has 39 heavy (non-hydrogen) atoms. The fraction of sp³-hybridized carbons (Fsp3) is 0.250. The molecule has 3 heteroatoms. The van der Waals surface area contributed by atoms with Gasteiger partial charge in [0.25, 0.3) is 5.82 Å². The van der Waals surface area contributed by atoms with Crippen LogP contribution in [-0.2, 0) is 7.05 Å². The highest BCUT2D eigenvalue weighted by Crippen LogP contribution is 2.43. The van der Waals surface area contributed by atoms with E-state index in [2.05, 4.69) is 136 Å². The van der Waals surface area contributed by atoms with Gasteiger partial charge < -0.3 is 4.74 Å². The molecule has 0 aliphatic heterocycles. The van der Waals surface area contributed by atoms with Crippen molar-refractivity contribution in [1.29, 1.82) is 0 Å². The molecule has 0 unspecified atom stereocenters. The summed E-state index contributed by atoms with van der Waals surface area (Å²) in [5.74, 6) is 2.84. The lowest BCUT2D eigenvalue weighted by molar-refractivity contribution is -0.633. The summed E-state index contributed by atoms with van der Waals surface area (Å²) < 4.78 is 10.8. The van der Waals surface area contributed by atoms with Crippen LogP contribution in [0.2, 0.25) is 0 Å². The number of hydrogen-bond acceptors (Lipinski definition) is 1. The molecule has 0 atom stereocenters. The van der Waals surface area contributed by atoms with E-state index in [9.17, 15) is 0 Å². The van der Waals surface area contributed by atoms with E-state index in [1.165, 1.54) is 66.3 Å². The third-order valence-corrected chi connectivity index (χ3v) is 8.26. The lowest BCUT2D eigenvalue weighted by Crippen LogP contribution is -2.30. The van der Waals surface area contributed by atoms with E-state index in [-0.39, 0.29) is 0 Å². The van der Waals surface area contributed by atoms with Crippen LogP contribution in [0.5, 0.6) is 5.75 Å². The number of fused-ring (bicyclic) bond motifs is 6. The Morgan fingerprint density at radius 2 is 1.31 bits per heavy atom. The van der Waals surface area contributed by atoms with Gasteiger partial charge in [0.1, 0.15) is 11.4 Å². The molecular formula is C36H37N2O+. The number of aryl methyl sites for hydroxylation is 2. The van der Waals surface area contributed by atoms with Gasteiger partial charge in [0.15, 0.2) is 11.0 Å². The van der Waals surface area contributed by atoms with Gasteiger partial charge >= 0.3 is 0 Å². The Morgan fingerprint density at radius 1 is 0.692 bits per heavy atom. The van der Waals surface area contributed by atoms with E-state index in [1.807, 2.05) is 0 Å². The third-order valence-electron chi connectivity index (χ3n) is 8.26. The Bertz CT molecular complexity index is 1830. The van der Waals surface area contributed by atoms with Crippen LogP contribution in [0.1, 0.15) is 56.2 Å². The SMILES string of the molecule is COc1ccc2c3ccccc3c3c(c2c1C)[n+](C)c(-c1ccccc1)n3-c1c(C(C)C)cccc1C(C)C. The molecule has 0 amide bonds. The Hall–Kier alpha value is -4.11. The lowest BCUT2D eigenvalue weighted by atomic mass is 9.91. The highest BCUT2D eigenvalue weighted by Gasteiger charge is 2.33. The Kier molecular flexibility index (Phi) is 6.18. The first kappa shape index (κ1) is 25.2. The van der Waals surface area contributed by atoms with Crippen molar-refractivity contribution in [1.82, 2.24) is 4.57 Å². The van der Waals surface area contributed by atoms with Crippen molar-refractivity contribution in [2.45, 2.75) is 46.5 Å². The molecular weight excluding hydrogens is 476 g/mol. The second-order valence-electron chi connectivity index (χ2n) is 11.2. The van der Waals surface area contributed by atoms with E-state index < -0.39 is 0 Å². The molecule has 5 aromatic carbocycles. The van der Waals surface area contributed by atoms with Crippen LogP contribution in [0.4, 0.5) is 0 Å². The largest absolute Gasteiger partial charge is 0.496 e. The Labute approximate surface area is 231 Å². The number of imidazole rings is 1. The van der Waals surface area contributed by atoms with Crippen LogP contribution in [0.25, 0.3) is 49.7 Å². The first-order valence-corrected chi connectivity index (χ1v) is 14.0. The average Bonchev–Trinajstić information content (AvgIpc) is 3.25. The predicted molar refractivity (Wildman–Crippen MR) is 164 cm³/mol. The summed E-state index contributed by atoms with van der Waals surface area (Å²) in [6, 6.07) is 30.9. The molecule has 0 spiro atoms. The number of benzene rings is 5. The molecule has 0 bridgehead atoms. The van der Waals surface area contributed by atoms with Gasteiger partial charge in [-0.1, -0.05) is 82.3 Å². The molecule has 0 fully saturated rings. The first-order valence-electron chi connectivity index (χ1n) is 14.0. The van der Waals surface area contributed by atoms with E-state index in [0.29, 0.717) is 11.8 Å². The normalized spacial score (nSPS) is 11.9. The zero-order valence-electron chi connectivity index (χ0n) is 24.0. The molecule has 0 saturated carbocycles. The van der Waals surface area contributed by atoms with Crippen molar-refractivity contribution in [3.05, 3.63) is 102 Å². The fourth-order valence-electron chi connectivity index (χ4n) is 6.43. The van der Waals surface area contributed by atoms with E-state index in [1.54, 1.807) is 7.11 Å². The van der Waals surface area contributed by atoms with Gasteiger partial charge in [-0.3, -0.25) is 0 Å². The minimum Gasteiger partial charge on any atom is -0.496 e. The number of rotatable bonds is 5. The van der Waals surface area contributed by atoms with Crippen LogP contribution in [0.15, 0.2) is 84.9 Å². The quantitative estimate of drug-likeness (QED) is 0.166. The molecule has 196 valence electrons. The van der Waals surface area contributed by atoms with E-state index in [4.69, 9.17) is 4.74 Å². The maximum absolute atomic E-state index is 5.85. The second-order valence-corrected chi connectivity index (χ2v) is 11.2. The first-order chi connectivity index (χ1) is 18.8. The maximum atomic E-state index is 5.85. The summed E-state index contributed by atoms with van der Waals surface area (Å²) in [7, 11) is 3.99. The number of ether oxygens (including phenoxy) is 1. The van der Waals surface area contributed by atoms with Crippen molar-refractivity contribution < 1.29 is 9.30 Å². The molecule has 0 aliphatic rings. The van der Waals surface area contributed by atoms with Crippen LogP contribution in [-0.4, -0.2) is 11.7 Å². The van der Waals surface area contributed by atoms with Gasteiger partial charge in [-0.15, -0.1) is 0 Å². The molecule has 6 aromatic rings. The smallest absolute Gasteiger partial charge is 0.294 e. The van der Waals surface area contributed by atoms with Gasteiger partial charge in [-0.05, 0) is 59.9 Å². The Balaban J connectivity index is 1.98. The molecule has 0 aliphatic carbocycles.